The second-order valence-electron chi connectivity index (χ2n) is 8.57. The summed E-state index contributed by atoms with van der Waals surface area (Å²) in [6, 6.07) is 7.06. The van der Waals surface area contributed by atoms with E-state index < -0.39 is 0 Å². The van der Waals surface area contributed by atoms with Gasteiger partial charge in [0, 0.05) is 18.0 Å². The molecule has 2 aliphatic heterocycles. The molecule has 0 saturated carbocycles. The molecule has 1 aliphatic carbocycles. The first kappa shape index (κ1) is 18.1. The van der Waals surface area contributed by atoms with Gasteiger partial charge in [-0.1, -0.05) is 55.3 Å². The average Bonchev–Trinajstić information content (AvgIpc) is 2.90. The highest BCUT2D eigenvalue weighted by atomic mass is 32.2. The van der Waals surface area contributed by atoms with E-state index in [-0.39, 0.29) is 4.75 Å². The Morgan fingerprint density at radius 3 is 2.62 bits per heavy atom. The van der Waals surface area contributed by atoms with E-state index in [4.69, 9.17) is 0 Å². The van der Waals surface area contributed by atoms with E-state index in [1.165, 1.54) is 42.0 Å². The number of rotatable bonds is 1. The van der Waals surface area contributed by atoms with Crippen LogP contribution in [0.25, 0.3) is 5.57 Å². The van der Waals surface area contributed by atoms with Crippen LogP contribution in [-0.4, -0.2) is 29.8 Å². The minimum absolute atomic E-state index is 0.0693. The molecule has 1 aromatic rings. The van der Waals surface area contributed by atoms with E-state index in [0.29, 0.717) is 11.8 Å². The predicted molar refractivity (Wildman–Crippen MR) is 115 cm³/mol. The van der Waals surface area contributed by atoms with E-state index in [9.17, 15) is 0 Å². The number of hydrogen-bond acceptors (Lipinski definition) is 2. The van der Waals surface area contributed by atoms with Crippen LogP contribution in [0.4, 0.5) is 0 Å². The molecule has 0 aromatic heterocycles. The molecule has 1 fully saturated rings. The minimum atomic E-state index is 0.0693. The Morgan fingerprint density at radius 2 is 1.88 bits per heavy atom. The fourth-order valence-corrected chi connectivity index (χ4v) is 6.43. The summed E-state index contributed by atoms with van der Waals surface area (Å²) < 4.78 is 0.0693. The second-order valence-corrected chi connectivity index (χ2v) is 10.0. The van der Waals surface area contributed by atoms with Crippen molar-refractivity contribution in [3.63, 3.8) is 0 Å². The van der Waals surface area contributed by atoms with Crippen molar-refractivity contribution in [3.05, 3.63) is 58.7 Å². The van der Waals surface area contributed by atoms with Crippen LogP contribution in [0.15, 0.2) is 52.5 Å². The maximum Gasteiger partial charge on any atom is 0.0647 e. The number of allylic oxidation sites excluding steroid dienone is 3. The van der Waals surface area contributed by atoms with Crippen LogP contribution in [0, 0.1) is 18.8 Å². The fraction of sp³-hybridized carbons (Fsp3) is 0.500. The number of hydrogen-bond donors (Lipinski definition) is 0. The van der Waals surface area contributed by atoms with E-state index in [2.05, 4.69) is 87.8 Å². The van der Waals surface area contributed by atoms with E-state index in [1.54, 1.807) is 16.7 Å². The number of thioether (sulfide) groups is 1. The molecular weight excluding hydrogens is 334 g/mol. The molecule has 1 saturated heterocycles. The van der Waals surface area contributed by atoms with Crippen LogP contribution in [0.1, 0.15) is 44.7 Å². The molecule has 4 rings (SSSR count). The molecule has 0 bridgehead atoms. The van der Waals surface area contributed by atoms with Gasteiger partial charge in [-0.3, -0.25) is 0 Å². The third kappa shape index (κ3) is 2.92. The summed E-state index contributed by atoms with van der Waals surface area (Å²) in [5.74, 6) is 1.20. The third-order valence-corrected chi connectivity index (χ3v) is 8.08. The van der Waals surface area contributed by atoms with Crippen LogP contribution < -0.4 is 0 Å². The maximum atomic E-state index is 2.49. The van der Waals surface area contributed by atoms with Gasteiger partial charge in [0.05, 0.1) is 4.75 Å². The lowest BCUT2D eigenvalue weighted by molar-refractivity contribution is 0.312. The topological polar surface area (TPSA) is 3.24 Å². The Hall–Kier alpha value is -1.25. The molecular formula is C24H31NS. The van der Waals surface area contributed by atoms with Crippen molar-refractivity contribution in [2.24, 2.45) is 11.8 Å². The number of piperidine rings is 1. The molecule has 3 aliphatic rings. The van der Waals surface area contributed by atoms with Crippen LogP contribution >= 0.6 is 11.8 Å². The monoisotopic (exact) mass is 365 g/mol. The summed E-state index contributed by atoms with van der Waals surface area (Å²) in [7, 11) is 2.25. The third-order valence-electron chi connectivity index (χ3n) is 6.66. The Bertz CT molecular complexity index is 805. The summed E-state index contributed by atoms with van der Waals surface area (Å²) in [6.07, 6.45) is 9.48. The number of fused-ring (bicyclic) bond motifs is 1. The first-order valence-corrected chi connectivity index (χ1v) is 10.8. The van der Waals surface area contributed by atoms with Gasteiger partial charge in [0.25, 0.3) is 0 Å². The number of aryl methyl sites for hydroxylation is 1. The van der Waals surface area contributed by atoms with Crippen molar-refractivity contribution in [2.75, 3.05) is 20.1 Å². The van der Waals surface area contributed by atoms with E-state index >= 15 is 0 Å². The number of nitrogens with zero attached hydrogens (tertiary/aromatic N) is 1. The van der Waals surface area contributed by atoms with Crippen LogP contribution in [0.5, 0.6) is 0 Å². The fourth-order valence-electron chi connectivity index (χ4n) is 4.86. The smallest absolute Gasteiger partial charge is 0.0647 e. The molecule has 26 heavy (non-hydrogen) atoms. The molecule has 0 amide bonds. The van der Waals surface area contributed by atoms with Gasteiger partial charge >= 0.3 is 0 Å². The minimum Gasteiger partial charge on any atom is -0.306 e. The molecule has 0 spiro atoms. The first-order chi connectivity index (χ1) is 12.4. The normalized spacial score (nSPS) is 32.0. The molecule has 1 nitrogen and oxygen atoms in total. The zero-order valence-electron chi connectivity index (χ0n) is 16.8. The van der Waals surface area contributed by atoms with Crippen LogP contribution in [-0.2, 0) is 0 Å². The highest BCUT2D eigenvalue weighted by molar-refractivity contribution is 8.01. The van der Waals surface area contributed by atoms with Crippen molar-refractivity contribution < 1.29 is 0 Å². The van der Waals surface area contributed by atoms with Gasteiger partial charge in [0.2, 0.25) is 0 Å². The zero-order valence-corrected chi connectivity index (χ0v) is 17.6. The van der Waals surface area contributed by atoms with Crippen molar-refractivity contribution in [1.82, 2.24) is 4.90 Å². The average molecular weight is 366 g/mol. The van der Waals surface area contributed by atoms with Crippen molar-refractivity contribution >= 4 is 17.3 Å². The van der Waals surface area contributed by atoms with Gasteiger partial charge < -0.3 is 4.90 Å². The van der Waals surface area contributed by atoms with Gasteiger partial charge in [0.15, 0.2) is 0 Å². The Morgan fingerprint density at radius 1 is 1.15 bits per heavy atom. The predicted octanol–water partition coefficient (Wildman–Crippen LogP) is 6.11. The van der Waals surface area contributed by atoms with Crippen LogP contribution in [0.3, 0.4) is 0 Å². The van der Waals surface area contributed by atoms with Crippen LogP contribution in [0.2, 0.25) is 0 Å². The van der Waals surface area contributed by atoms with Gasteiger partial charge in [-0.25, -0.2) is 0 Å². The van der Waals surface area contributed by atoms with Gasteiger partial charge in [-0.15, -0.1) is 11.8 Å². The van der Waals surface area contributed by atoms with Crippen molar-refractivity contribution in [3.8, 4) is 0 Å². The molecule has 2 heteroatoms. The van der Waals surface area contributed by atoms with Gasteiger partial charge in [0.1, 0.15) is 0 Å². The lowest BCUT2D eigenvalue weighted by Crippen LogP contribution is -2.32. The summed E-state index contributed by atoms with van der Waals surface area (Å²) in [5.41, 5.74) is 7.81. The van der Waals surface area contributed by atoms with Crippen molar-refractivity contribution in [2.45, 2.75) is 50.2 Å². The molecule has 1 aromatic carbocycles. The summed E-state index contributed by atoms with van der Waals surface area (Å²) in [4.78, 5) is 3.93. The number of benzene rings is 1. The second kappa shape index (κ2) is 6.73. The lowest BCUT2D eigenvalue weighted by Gasteiger charge is -2.38. The van der Waals surface area contributed by atoms with Gasteiger partial charge in [-0.2, -0.15) is 0 Å². The summed E-state index contributed by atoms with van der Waals surface area (Å²) in [5, 5.41) is 0. The first-order valence-electron chi connectivity index (χ1n) is 10.00. The quantitative estimate of drug-likeness (QED) is 0.591. The number of likely N-dealkylation sites (tertiary alicyclic amines) is 1. The Labute approximate surface area is 163 Å². The highest BCUT2D eigenvalue weighted by Crippen LogP contribution is 2.60. The summed E-state index contributed by atoms with van der Waals surface area (Å²) >= 11 is 2.09. The molecule has 3 atom stereocenters. The molecule has 3 unspecified atom stereocenters. The standard InChI is InChI=1S/C24H31NS/c1-16-9-10-22-20(15-16)23(19-11-13-25(5)14-12-19)24(4,26-22)21-8-6-7-17(2)18(21)3/h6-10,15,17-18H,11-14H2,1-5H3. The Balaban J connectivity index is 1.88. The lowest BCUT2D eigenvalue weighted by atomic mass is 9.73. The van der Waals surface area contributed by atoms with Gasteiger partial charge in [-0.05, 0) is 68.3 Å². The molecule has 2 heterocycles. The van der Waals surface area contributed by atoms with Crippen molar-refractivity contribution in [1.29, 1.82) is 0 Å². The van der Waals surface area contributed by atoms with E-state index in [0.717, 1.165) is 0 Å². The van der Waals surface area contributed by atoms with E-state index in [1.807, 2.05) is 0 Å². The highest BCUT2D eigenvalue weighted by Gasteiger charge is 2.45. The molecule has 0 radical (unpaired) electrons. The SMILES string of the molecule is Cc1ccc2c(c1)C(=C1CCN(C)CC1)C(C)(C1=CC=CC(C)C1C)S2. The largest absolute Gasteiger partial charge is 0.306 e. The molecule has 0 N–H and O–H groups in total. The Kier molecular flexibility index (Phi) is 4.69. The summed E-state index contributed by atoms with van der Waals surface area (Å²) in [6.45, 7) is 11.9. The maximum absolute atomic E-state index is 2.49. The molecule has 138 valence electrons. The zero-order chi connectivity index (χ0) is 18.5.